The molecule has 2 heteroatoms. The molecule has 2 aliphatic rings. The van der Waals surface area contributed by atoms with Crippen molar-refractivity contribution in [1.29, 1.82) is 0 Å². The van der Waals surface area contributed by atoms with Crippen LogP contribution < -0.4 is 11.5 Å². The Morgan fingerprint density at radius 1 is 0.481 bits per heavy atom. The lowest BCUT2D eigenvalue weighted by molar-refractivity contribution is 0.797. The van der Waals surface area contributed by atoms with Gasteiger partial charge in [-0.25, -0.2) is 0 Å². The second-order valence-corrected chi connectivity index (χ2v) is 7.38. The van der Waals surface area contributed by atoms with Crippen LogP contribution in [0.4, 0.5) is 11.4 Å². The van der Waals surface area contributed by atoms with E-state index in [0.717, 1.165) is 5.56 Å². The summed E-state index contributed by atoms with van der Waals surface area (Å²) in [6, 6.07) is 30.1. The summed E-state index contributed by atoms with van der Waals surface area (Å²) >= 11 is 0. The van der Waals surface area contributed by atoms with Crippen LogP contribution in [0.5, 0.6) is 0 Å². The molecule has 6 rings (SSSR count). The minimum absolute atomic E-state index is 0.404. The van der Waals surface area contributed by atoms with E-state index in [1.807, 2.05) is 6.07 Å². The first kappa shape index (κ1) is 14.6. The van der Waals surface area contributed by atoms with E-state index in [1.165, 1.54) is 38.9 Å². The van der Waals surface area contributed by atoms with Gasteiger partial charge in [-0.05, 0) is 45.0 Å². The summed E-state index contributed by atoms with van der Waals surface area (Å²) in [7, 11) is 0. The predicted octanol–water partition coefficient (Wildman–Crippen LogP) is 5.19. The Morgan fingerprint density at radius 3 is 1.44 bits per heavy atom. The highest BCUT2D eigenvalue weighted by atomic mass is 14.7. The van der Waals surface area contributed by atoms with Crippen molar-refractivity contribution in [3.05, 3.63) is 107 Å². The number of nitrogens with two attached hydrogens (primary N) is 2. The zero-order valence-corrected chi connectivity index (χ0v) is 14.7. The molecule has 4 N–H and O–H groups in total. The number of rotatable bonds is 0. The van der Waals surface area contributed by atoms with Crippen LogP contribution >= 0.6 is 0 Å². The Kier molecular flexibility index (Phi) is 2.60. The highest BCUT2D eigenvalue weighted by Gasteiger charge is 2.52. The average Bonchev–Trinajstić information content (AvgIpc) is 3.18. The van der Waals surface area contributed by atoms with Crippen molar-refractivity contribution in [2.75, 3.05) is 11.5 Å². The van der Waals surface area contributed by atoms with Gasteiger partial charge in [-0.15, -0.1) is 0 Å². The molecule has 0 atom stereocenters. The molecular weight excluding hydrogens is 328 g/mol. The molecule has 2 aliphatic carbocycles. The molecule has 0 amide bonds. The molecule has 0 saturated heterocycles. The van der Waals surface area contributed by atoms with E-state index >= 15 is 0 Å². The molecule has 0 aliphatic heterocycles. The van der Waals surface area contributed by atoms with Gasteiger partial charge in [-0.2, -0.15) is 0 Å². The number of hydrogen-bond acceptors (Lipinski definition) is 2. The lowest BCUT2D eigenvalue weighted by Gasteiger charge is -2.31. The van der Waals surface area contributed by atoms with Crippen molar-refractivity contribution in [3.63, 3.8) is 0 Å². The Balaban J connectivity index is 1.90. The monoisotopic (exact) mass is 346 g/mol. The summed E-state index contributed by atoms with van der Waals surface area (Å²) in [6.07, 6.45) is 0. The summed E-state index contributed by atoms with van der Waals surface area (Å²) in [6.45, 7) is 0. The van der Waals surface area contributed by atoms with Crippen molar-refractivity contribution >= 4 is 11.4 Å². The molecule has 2 nitrogen and oxygen atoms in total. The Bertz CT molecular complexity index is 1190. The van der Waals surface area contributed by atoms with E-state index in [4.69, 9.17) is 11.5 Å². The van der Waals surface area contributed by atoms with Crippen molar-refractivity contribution in [2.45, 2.75) is 5.41 Å². The van der Waals surface area contributed by atoms with Gasteiger partial charge < -0.3 is 11.5 Å². The number of anilines is 2. The van der Waals surface area contributed by atoms with Crippen LogP contribution in [-0.2, 0) is 5.41 Å². The fourth-order valence-electron chi connectivity index (χ4n) is 5.24. The van der Waals surface area contributed by atoms with Crippen LogP contribution in [0.3, 0.4) is 0 Å². The fourth-order valence-corrected chi connectivity index (χ4v) is 5.24. The summed E-state index contributed by atoms with van der Waals surface area (Å²) < 4.78 is 0. The van der Waals surface area contributed by atoms with Crippen LogP contribution in [0.25, 0.3) is 22.3 Å². The SMILES string of the molecule is Nc1ccc2c(c1N)C1(c3ccccc3-c3ccccc31)c1ccccc1-2. The third kappa shape index (κ3) is 1.53. The zero-order chi connectivity index (χ0) is 18.2. The van der Waals surface area contributed by atoms with E-state index < -0.39 is 5.41 Å². The molecule has 0 saturated carbocycles. The van der Waals surface area contributed by atoms with Crippen molar-refractivity contribution in [1.82, 2.24) is 0 Å². The molecule has 0 bridgehead atoms. The van der Waals surface area contributed by atoms with E-state index in [1.54, 1.807) is 0 Å². The van der Waals surface area contributed by atoms with E-state index in [9.17, 15) is 0 Å². The maximum atomic E-state index is 6.66. The Labute approximate surface area is 158 Å². The molecule has 4 aromatic rings. The van der Waals surface area contributed by atoms with E-state index in [2.05, 4.69) is 78.9 Å². The van der Waals surface area contributed by atoms with Crippen molar-refractivity contribution in [3.8, 4) is 22.3 Å². The van der Waals surface area contributed by atoms with E-state index in [0.29, 0.717) is 11.4 Å². The second kappa shape index (κ2) is 4.80. The third-order valence-electron chi connectivity index (χ3n) is 6.23. The van der Waals surface area contributed by atoms with Crippen LogP contribution in [0, 0.1) is 0 Å². The van der Waals surface area contributed by atoms with Gasteiger partial charge in [0, 0.05) is 5.56 Å². The zero-order valence-electron chi connectivity index (χ0n) is 14.7. The quantitative estimate of drug-likeness (QED) is 0.372. The highest BCUT2D eigenvalue weighted by Crippen LogP contribution is 2.64. The largest absolute Gasteiger partial charge is 0.397 e. The van der Waals surface area contributed by atoms with Crippen molar-refractivity contribution < 1.29 is 0 Å². The van der Waals surface area contributed by atoms with Gasteiger partial charge >= 0.3 is 0 Å². The van der Waals surface area contributed by atoms with Crippen LogP contribution in [0.2, 0.25) is 0 Å². The van der Waals surface area contributed by atoms with Crippen LogP contribution in [-0.4, -0.2) is 0 Å². The fraction of sp³-hybridized carbons (Fsp3) is 0.0400. The normalized spacial score (nSPS) is 14.5. The van der Waals surface area contributed by atoms with Crippen LogP contribution in [0.1, 0.15) is 22.3 Å². The minimum atomic E-state index is -0.404. The summed E-state index contributed by atoms with van der Waals surface area (Å²) in [5, 5.41) is 0. The van der Waals surface area contributed by atoms with Gasteiger partial charge in [0.2, 0.25) is 0 Å². The molecule has 27 heavy (non-hydrogen) atoms. The molecule has 0 unspecified atom stereocenters. The standard InChI is InChI=1S/C25H18N2/c26-22-14-13-18-17-9-3-6-12-21(17)25(23(18)24(22)27)19-10-4-1-7-15(19)16-8-2-5-11-20(16)25/h1-14H,26-27H2. The van der Waals surface area contributed by atoms with Gasteiger partial charge in [-0.1, -0.05) is 78.9 Å². The Morgan fingerprint density at radius 2 is 0.926 bits per heavy atom. The molecule has 0 heterocycles. The molecule has 128 valence electrons. The van der Waals surface area contributed by atoms with Gasteiger partial charge in [0.05, 0.1) is 16.8 Å². The van der Waals surface area contributed by atoms with Gasteiger partial charge in [-0.3, -0.25) is 0 Å². The summed E-state index contributed by atoms with van der Waals surface area (Å²) in [5.74, 6) is 0. The van der Waals surface area contributed by atoms with Crippen LogP contribution in [0.15, 0.2) is 84.9 Å². The minimum Gasteiger partial charge on any atom is -0.397 e. The average molecular weight is 346 g/mol. The van der Waals surface area contributed by atoms with Gasteiger partial charge in [0.25, 0.3) is 0 Å². The first-order valence-corrected chi connectivity index (χ1v) is 9.22. The maximum Gasteiger partial charge on any atom is 0.0746 e. The predicted molar refractivity (Wildman–Crippen MR) is 112 cm³/mol. The lowest BCUT2D eigenvalue weighted by atomic mass is 9.70. The molecule has 0 aromatic heterocycles. The summed E-state index contributed by atoms with van der Waals surface area (Å²) in [5.41, 5.74) is 23.8. The topological polar surface area (TPSA) is 52.0 Å². The first-order valence-electron chi connectivity index (χ1n) is 9.22. The van der Waals surface area contributed by atoms with Crippen molar-refractivity contribution in [2.24, 2.45) is 0 Å². The lowest BCUT2D eigenvalue weighted by Crippen LogP contribution is -2.27. The molecule has 0 fully saturated rings. The second-order valence-electron chi connectivity index (χ2n) is 7.38. The number of nitrogen functional groups attached to an aromatic ring is 2. The molecule has 4 aromatic carbocycles. The number of hydrogen-bond donors (Lipinski definition) is 2. The number of benzene rings is 4. The smallest absolute Gasteiger partial charge is 0.0746 e. The summed E-state index contributed by atoms with van der Waals surface area (Å²) in [4.78, 5) is 0. The molecular formula is C25H18N2. The maximum absolute atomic E-state index is 6.66. The number of fused-ring (bicyclic) bond motifs is 10. The molecule has 1 spiro atoms. The molecule has 0 radical (unpaired) electrons. The Hall–Kier alpha value is -3.52. The van der Waals surface area contributed by atoms with Gasteiger partial charge in [0.1, 0.15) is 0 Å². The highest BCUT2D eigenvalue weighted by molar-refractivity contribution is 5.99. The van der Waals surface area contributed by atoms with E-state index in [-0.39, 0.29) is 0 Å². The first-order chi connectivity index (χ1) is 13.2. The van der Waals surface area contributed by atoms with Gasteiger partial charge in [0.15, 0.2) is 0 Å². The third-order valence-corrected chi connectivity index (χ3v) is 6.23.